The van der Waals surface area contributed by atoms with Gasteiger partial charge in [-0.2, -0.15) is 0 Å². The lowest BCUT2D eigenvalue weighted by Gasteiger charge is -2.26. The largest absolute Gasteiger partial charge is 0.332 e. The van der Waals surface area contributed by atoms with E-state index in [1.54, 1.807) is 17.0 Å². The molecule has 4 rings (SSSR count). The number of carbonyl (C=O) groups excluding carboxylic acids is 1. The first-order valence-electron chi connectivity index (χ1n) is 7.22. The van der Waals surface area contributed by atoms with E-state index in [1.807, 2.05) is 28.8 Å². The van der Waals surface area contributed by atoms with Gasteiger partial charge in [-0.3, -0.25) is 4.79 Å². The zero-order chi connectivity index (χ0) is 15.1. The van der Waals surface area contributed by atoms with Crippen molar-refractivity contribution < 1.29 is 9.18 Å². The Hall–Kier alpha value is -2.69. The number of imidazole rings is 1. The van der Waals surface area contributed by atoms with Crippen LogP contribution in [0.3, 0.4) is 0 Å². The van der Waals surface area contributed by atoms with Crippen molar-refractivity contribution in [2.45, 2.75) is 13.0 Å². The molecule has 1 aliphatic heterocycles. The quantitative estimate of drug-likeness (QED) is 0.692. The monoisotopic (exact) mass is 295 g/mol. The van der Waals surface area contributed by atoms with Crippen molar-refractivity contribution in [1.29, 1.82) is 0 Å². The smallest absolute Gasteiger partial charge is 0.254 e. The van der Waals surface area contributed by atoms with Crippen LogP contribution in [0.1, 0.15) is 21.7 Å². The summed E-state index contributed by atoms with van der Waals surface area (Å²) in [5.74, 6) is -0.533. The lowest BCUT2D eigenvalue weighted by molar-refractivity contribution is 0.0730. The zero-order valence-electron chi connectivity index (χ0n) is 11.9. The molecule has 0 fully saturated rings. The number of pyridine rings is 1. The number of carbonyl (C=O) groups is 1. The molecule has 0 saturated carbocycles. The van der Waals surface area contributed by atoms with Crippen molar-refractivity contribution in [3.8, 4) is 0 Å². The fraction of sp³-hybridized carbons (Fsp3) is 0.176. The number of rotatable bonds is 1. The topological polar surface area (TPSA) is 37.6 Å². The van der Waals surface area contributed by atoms with Gasteiger partial charge in [-0.15, -0.1) is 0 Å². The fourth-order valence-corrected chi connectivity index (χ4v) is 2.94. The van der Waals surface area contributed by atoms with Gasteiger partial charge in [0.15, 0.2) is 0 Å². The van der Waals surface area contributed by atoms with Gasteiger partial charge in [0.2, 0.25) is 0 Å². The first-order valence-corrected chi connectivity index (χ1v) is 7.22. The van der Waals surface area contributed by atoms with Gasteiger partial charge in [-0.05, 0) is 30.3 Å². The molecule has 110 valence electrons. The Bertz CT molecular complexity index is 871. The van der Waals surface area contributed by atoms with Crippen molar-refractivity contribution in [3.63, 3.8) is 0 Å². The highest BCUT2D eigenvalue weighted by atomic mass is 19.1. The highest BCUT2D eigenvalue weighted by molar-refractivity contribution is 5.94. The van der Waals surface area contributed by atoms with Crippen LogP contribution >= 0.6 is 0 Å². The number of nitrogens with zero attached hydrogens (tertiary/aromatic N) is 3. The maximum atomic E-state index is 13.3. The second kappa shape index (κ2) is 4.94. The van der Waals surface area contributed by atoms with Gasteiger partial charge in [-0.1, -0.05) is 12.1 Å². The predicted octanol–water partition coefficient (Wildman–Crippen LogP) is 2.67. The van der Waals surface area contributed by atoms with E-state index in [0.717, 1.165) is 23.5 Å². The molecule has 0 bridgehead atoms. The third-order valence-electron chi connectivity index (χ3n) is 4.03. The maximum absolute atomic E-state index is 13.3. The van der Waals surface area contributed by atoms with Crippen LogP contribution < -0.4 is 0 Å². The molecule has 3 heterocycles. The molecule has 0 aliphatic carbocycles. The number of hydrogen-bond donors (Lipinski definition) is 0. The molecule has 0 saturated heterocycles. The number of fused-ring (bicyclic) bond motifs is 3. The summed E-state index contributed by atoms with van der Waals surface area (Å²) in [5.41, 5.74) is 3.35. The van der Waals surface area contributed by atoms with Crippen LogP contribution in [0.4, 0.5) is 4.39 Å². The molecule has 1 aliphatic rings. The third-order valence-corrected chi connectivity index (χ3v) is 4.03. The van der Waals surface area contributed by atoms with Crippen LogP contribution in [0.2, 0.25) is 0 Å². The fourth-order valence-electron chi connectivity index (χ4n) is 2.94. The molecular weight excluding hydrogens is 281 g/mol. The normalized spacial score (nSPS) is 14.1. The predicted molar refractivity (Wildman–Crippen MR) is 80.0 cm³/mol. The van der Waals surface area contributed by atoms with Crippen LogP contribution in [0.15, 0.2) is 48.7 Å². The van der Waals surface area contributed by atoms with E-state index in [4.69, 9.17) is 0 Å². The van der Waals surface area contributed by atoms with E-state index in [0.29, 0.717) is 18.7 Å². The highest BCUT2D eigenvalue weighted by Crippen LogP contribution is 2.22. The van der Waals surface area contributed by atoms with Crippen LogP contribution in [-0.4, -0.2) is 26.7 Å². The lowest BCUT2D eigenvalue weighted by atomic mass is 10.1. The summed E-state index contributed by atoms with van der Waals surface area (Å²) in [6, 6.07) is 11.7. The molecule has 22 heavy (non-hydrogen) atoms. The summed E-state index contributed by atoms with van der Waals surface area (Å²) < 4.78 is 15.3. The van der Waals surface area contributed by atoms with E-state index in [2.05, 4.69) is 4.98 Å². The standard InChI is InChI=1S/C17H14FN3O/c18-13-5-3-4-12(10-13)17(22)20-9-7-14-15(11-20)21-8-2-1-6-16(21)19-14/h1-6,8,10H,7,9,11H2. The van der Waals surface area contributed by atoms with E-state index in [9.17, 15) is 9.18 Å². The Balaban J connectivity index is 1.68. The molecule has 0 unspecified atom stereocenters. The first kappa shape index (κ1) is 13.0. The van der Waals surface area contributed by atoms with Crippen LogP contribution in [0.5, 0.6) is 0 Å². The Morgan fingerprint density at radius 3 is 2.95 bits per heavy atom. The summed E-state index contributed by atoms with van der Waals surface area (Å²) in [4.78, 5) is 18.9. The van der Waals surface area contributed by atoms with Crippen LogP contribution in [0, 0.1) is 5.82 Å². The van der Waals surface area contributed by atoms with Gasteiger partial charge in [0.25, 0.3) is 5.91 Å². The molecular formula is C17H14FN3O. The summed E-state index contributed by atoms with van der Waals surface area (Å²) in [7, 11) is 0. The molecule has 0 atom stereocenters. The number of halogens is 1. The van der Waals surface area contributed by atoms with Crippen molar-refractivity contribution in [1.82, 2.24) is 14.3 Å². The van der Waals surface area contributed by atoms with Gasteiger partial charge in [0.1, 0.15) is 11.5 Å². The molecule has 0 N–H and O–H groups in total. The molecule has 5 heteroatoms. The number of hydrogen-bond acceptors (Lipinski definition) is 2. The number of benzene rings is 1. The lowest BCUT2D eigenvalue weighted by Crippen LogP contribution is -2.36. The number of amides is 1. The van der Waals surface area contributed by atoms with E-state index in [1.165, 1.54) is 12.1 Å². The second-order valence-electron chi connectivity index (χ2n) is 5.42. The van der Waals surface area contributed by atoms with Gasteiger partial charge in [0, 0.05) is 24.7 Å². The molecule has 0 spiro atoms. The molecule has 4 nitrogen and oxygen atoms in total. The Morgan fingerprint density at radius 1 is 1.18 bits per heavy atom. The van der Waals surface area contributed by atoms with Gasteiger partial charge in [0.05, 0.1) is 17.9 Å². The SMILES string of the molecule is O=C(c1cccc(F)c1)N1CCc2nc3ccccn3c2C1. The summed E-state index contributed by atoms with van der Waals surface area (Å²) >= 11 is 0. The van der Waals surface area contributed by atoms with Crippen molar-refractivity contribution in [3.05, 3.63) is 71.4 Å². The van der Waals surface area contributed by atoms with E-state index >= 15 is 0 Å². The minimum atomic E-state index is -0.390. The van der Waals surface area contributed by atoms with Crippen LogP contribution in [-0.2, 0) is 13.0 Å². The maximum Gasteiger partial charge on any atom is 0.254 e. The van der Waals surface area contributed by atoms with Gasteiger partial charge in [-0.25, -0.2) is 9.37 Å². The van der Waals surface area contributed by atoms with Gasteiger partial charge >= 0.3 is 0 Å². The second-order valence-corrected chi connectivity index (χ2v) is 5.42. The van der Waals surface area contributed by atoms with Crippen molar-refractivity contribution in [2.75, 3.05) is 6.54 Å². The van der Waals surface area contributed by atoms with Crippen molar-refractivity contribution >= 4 is 11.6 Å². The zero-order valence-corrected chi connectivity index (χ0v) is 11.9. The minimum Gasteiger partial charge on any atom is -0.332 e. The molecule has 1 amide bonds. The molecule has 0 radical (unpaired) electrons. The molecule has 1 aromatic carbocycles. The summed E-state index contributed by atoms with van der Waals surface area (Å²) in [6.45, 7) is 1.10. The van der Waals surface area contributed by atoms with Gasteiger partial charge < -0.3 is 9.30 Å². The summed E-state index contributed by atoms with van der Waals surface area (Å²) in [5, 5.41) is 0. The van der Waals surface area contributed by atoms with Crippen molar-refractivity contribution in [2.24, 2.45) is 0 Å². The number of aromatic nitrogens is 2. The molecule has 3 aromatic rings. The summed E-state index contributed by atoms with van der Waals surface area (Å²) in [6.07, 6.45) is 2.68. The van der Waals surface area contributed by atoms with E-state index < -0.39 is 5.82 Å². The molecule has 2 aromatic heterocycles. The highest BCUT2D eigenvalue weighted by Gasteiger charge is 2.25. The Morgan fingerprint density at radius 2 is 2.09 bits per heavy atom. The Kier molecular flexibility index (Phi) is 2.92. The van der Waals surface area contributed by atoms with E-state index in [-0.39, 0.29) is 5.91 Å². The van der Waals surface area contributed by atoms with Crippen LogP contribution in [0.25, 0.3) is 5.65 Å². The first-order chi connectivity index (χ1) is 10.7. The average molecular weight is 295 g/mol. The minimum absolute atomic E-state index is 0.143. The third kappa shape index (κ3) is 2.06. The average Bonchev–Trinajstić information content (AvgIpc) is 2.92. The Labute approximate surface area is 126 Å².